The molecule has 2 heterocycles. The van der Waals surface area contributed by atoms with Crippen molar-refractivity contribution in [1.29, 1.82) is 0 Å². The van der Waals surface area contributed by atoms with Gasteiger partial charge in [-0.05, 0) is 55.3 Å². The highest BCUT2D eigenvalue weighted by Crippen LogP contribution is 2.29. The molecule has 0 saturated carbocycles. The predicted octanol–water partition coefficient (Wildman–Crippen LogP) is 2.96. The van der Waals surface area contributed by atoms with Crippen LogP contribution in [0.15, 0.2) is 45.7 Å². The number of carbonyl (C=O) groups is 2. The second kappa shape index (κ2) is 8.93. The fraction of sp³-hybridized carbons (Fsp3) is 0.240. The van der Waals surface area contributed by atoms with Gasteiger partial charge < -0.3 is 29.7 Å². The van der Waals surface area contributed by atoms with Crippen molar-refractivity contribution in [3.63, 3.8) is 0 Å². The molecule has 2 aromatic heterocycles. The Morgan fingerprint density at radius 1 is 1.15 bits per heavy atom. The molecule has 0 fully saturated rings. The van der Waals surface area contributed by atoms with Crippen LogP contribution in [0.3, 0.4) is 0 Å². The molecule has 4 rings (SSSR count). The van der Waals surface area contributed by atoms with Crippen molar-refractivity contribution >= 4 is 33.7 Å². The van der Waals surface area contributed by atoms with Gasteiger partial charge in [0.2, 0.25) is 5.91 Å². The number of aryl methyl sites for hydroxylation is 2. The largest absolute Gasteiger partial charge is 0.508 e. The van der Waals surface area contributed by atoms with Crippen LogP contribution in [0, 0.1) is 13.8 Å². The molecule has 4 N–H and O–H groups in total. The number of hydrogen-bond acceptors (Lipinski definition) is 6. The average molecular weight is 464 g/mol. The molecule has 176 valence electrons. The van der Waals surface area contributed by atoms with Crippen LogP contribution in [0.5, 0.6) is 11.5 Å². The van der Waals surface area contributed by atoms with Crippen molar-refractivity contribution in [2.45, 2.75) is 32.7 Å². The van der Waals surface area contributed by atoms with E-state index in [-0.39, 0.29) is 24.2 Å². The van der Waals surface area contributed by atoms with Crippen molar-refractivity contribution < 1.29 is 29.0 Å². The van der Waals surface area contributed by atoms with Gasteiger partial charge in [0.15, 0.2) is 0 Å². The zero-order valence-electron chi connectivity index (χ0n) is 18.9. The summed E-state index contributed by atoms with van der Waals surface area (Å²) in [6.45, 7) is 3.50. The van der Waals surface area contributed by atoms with E-state index >= 15 is 0 Å². The van der Waals surface area contributed by atoms with Gasteiger partial charge in [-0.1, -0.05) is 0 Å². The quantitative estimate of drug-likeness (QED) is 0.308. The minimum absolute atomic E-state index is 0.00513. The van der Waals surface area contributed by atoms with Gasteiger partial charge in [0.1, 0.15) is 23.1 Å². The number of carbonyl (C=O) groups excluding carboxylic acids is 1. The van der Waals surface area contributed by atoms with Gasteiger partial charge in [0.25, 0.3) is 0 Å². The third-order valence-corrected chi connectivity index (χ3v) is 6.02. The van der Waals surface area contributed by atoms with Gasteiger partial charge in [-0.15, -0.1) is 0 Å². The maximum Gasteiger partial charge on any atom is 0.340 e. The van der Waals surface area contributed by atoms with Crippen LogP contribution in [0.4, 0.5) is 0 Å². The van der Waals surface area contributed by atoms with Gasteiger partial charge >= 0.3 is 11.6 Å². The number of phenolic OH excluding ortho intramolecular Hbond substituents is 1. The SMILES string of the molecule is COc1ccc2c(C)c(CC(=O)N[C@H](Cc3c[nH]c4ccc(O)cc34)C(=O)O)c(=O)oc2c1C. The number of aromatic nitrogens is 1. The maximum absolute atomic E-state index is 12.8. The Morgan fingerprint density at radius 2 is 1.91 bits per heavy atom. The molecule has 0 bridgehead atoms. The molecular weight excluding hydrogens is 440 g/mol. The molecule has 0 radical (unpaired) electrons. The first-order valence-corrected chi connectivity index (χ1v) is 10.6. The summed E-state index contributed by atoms with van der Waals surface area (Å²) < 4.78 is 10.8. The van der Waals surface area contributed by atoms with E-state index in [1.54, 1.807) is 38.2 Å². The number of H-pyrrole nitrogens is 1. The fourth-order valence-corrected chi connectivity index (χ4v) is 4.16. The number of fused-ring (bicyclic) bond motifs is 2. The zero-order chi connectivity index (χ0) is 24.6. The van der Waals surface area contributed by atoms with E-state index in [4.69, 9.17) is 9.15 Å². The van der Waals surface area contributed by atoms with E-state index in [1.165, 1.54) is 19.2 Å². The lowest BCUT2D eigenvalue weighted by molar-refractivity contribution is -0.141. The summed E-state index contributed by atoms with van der Waals surface area (Å²) in [6, 6.07) is 7.02. The number of ether oxygens (including phenoxy) is 1. The van der Waals surface area contributed by atoms with E-state index in [2.05, 4.69) is 10.3 Å². The van der Waals surface area contributed by atoms with Crippen molar-refractivity contribution in [2.24, 2.45) is 0 Å². The van der Waals surface area contributed by atoms with Crippen molar-refractivity contribution in [3.05, 3.63) is 69.2 Å². The van der Waals surface area contributed by atoms with Crippen LogP contribution in [-0.4, -0.2) is 40.2 Å². The molecular formula is C25H24N2O7. The Balaban J connectivity index is 1.58. The molecule has 0 unspecified atom stereocenters. The van der Waals surface area contributed by atoms with E-state index in [1.807, 2.05) is 0 Å². The summed E-state index contributed by atoms with van der Waals surface area (Å²) in [6.07, 6.45) is 1.31. The van der Waals surface area contributed by atoms with E-state index in [0.29, 0.717) is 38.8 Å². The lowest BCUT2D eigenvalue weighted by atomic mass is 10.0. The van der Waals surface area contributed by atoms with Crippen LogP contribution < -0.4 is 15.7 Å². The zero-order valence-corrected chi connectivity index (χ0v) is 18.9. The first kappa shape index (κ1) is 22.9. The van der Waals surface area contributed by atoms with Crippen molar-refractivity contribution in [1.82, 2.24) is 10.3 Å². The molecule has 34 heavy (non-hydrogen) atoms. The molecule has 1 amide bonds. The Bertz CT molecular complexity index is 1480. The van der Waals surface area contributed by atoms with E-state index < -0.39 is 23.5 Å². The summed E-state index contributed by atoms with van der Waals surface area (Å²) in [5, 5.41) is 23.3. The molecule has 9 nitrogen and oxygen atoms in total. The van der Waals surface area contributed by atoms with E-state index in [9.17, 15) is 24.6 Å². The normalized spacial score (nSPS) is 12.1. The monoisotopic (exact) mass is 464 g/mol. The van der Waals surface area contributed by atoms with Gasteiger partial charge in [0, 0.05) is 34.5 Å². The standard InChI is InChI=1S/C25H24N2O7/c1-12-16-5-7-21(33-3)13(2)23(16)34-25(32)17(12)10-22(29)27-20(24(30)31)8-14-11-26-19-6-4-15(28)9-18(14)19/h4-7,9,11,20,26,28H,8,10H2,1-3H3,(H,27,29)(H,30,31)/t20-/m1/s1. The van der Waals surface area contributed by atoms with Gasteiger partial charge in [0.05, 0.1) is 19.1 Å². The number of carboxylic acid groups (broad SMARTS) is 1. The number of aromatic hydroxyl groups is 1. The number of phenols is 1. The number of benzene rings is 2. The van der Waals surface area contributed by atoms with Gasteiger partial charge in [-0.25, -0.2) is 9.59 Å². The van der Waals surface area contributed by atoms with Crippen LogP contribution >= 0.6 is 0 Å². The second-order valence-corrected chi connectivity index (χ2v) is 8.15. The highest BCUT2D eigenvalue weighted by atomic mass is 16.5. The number of rotatable bonds is 7. The average Bonchev–Trinajstić information content (AvgIpc) is 3.18. The molecule has 0 aliphatic rings. The molecule has 0 spiro atoms. The first-order valence-electron chi connectivity index (χ1n) is 10.6. The van der Waals surface area contributed by atoms with Crippen molar-refractivity contribution in [2.75, 3.05) is 7.11 Å². The lowest BCUT2D eigenvalue weighted by Crippen LogP contribution is -2.43. The van der Waals surface area contributed by atoms with Gasteiger partial charge in [-0.3, -0.25) is 4.79 Å². The molecule has 0 saturated heterocycles. The molecule has 0 aliphatic carbocycles. The highest BCUT2D eigenvalue weighted by Gasteiger charge is 2.24. The number of methoxy groups -OCH3 is 1. The maximum atomic E-state index is 12.8. The number of carboxylic acids is 1. The minimum Gasteiger partial charge on any atom is -0.508 e. The summed E-state index contributed by atoms with van der Waals surface area (Å²) in [7, 11) is 1.52. The van der Waals surface area contributed by atoms with Gasteiger partial charge in [-0.2, -0.15) is 0 Å². The molecule has 9 heteroatoms. The minimum atomic E-state index is -1.23. The lowest BCUT2D eigenvalue weighted by Gasteiger charge is -2.15. The molecule has 2 aromatic carbocycles. The highest BCUT2D eigenvalue weighted by molar-refractivity contribution is 5.90. The summed E-state index contributed by atoms with van der Waals surface area (Å²) in [5.41, 5.74) is 2.52. The van der Waals surface area contributed by atoms with Crippen molar-refractivity contribution in [3.8, 4) is 11.5 Å². The fourth-order valence-electron chi connectivity index (χ4n) is 4.16. The summed E-state index contributed by atoms with van der Waals surface area (Å²) >= 11 is 0. The van der Waals surface area contributed by atoms with Crippen LogP contribution in [0.2, 0.25) is 0 Å². The van der Waals surface area contributed by atoms with Crippen LogP contribution in [-0.2, 0) is 22.4 Å². The number of aromatic amines is 1. The molecule has 4 aromatic rings. The Labute approximate surface area is 194 Å². The summed E-state index contributed by atoms with van der Waals surface area (Å²) in [5.74, 6) is -1.20. The Hall–Kier alpha value is -4.27. The third kappa shape index (κ3) is 4.19. The third-order valence-electron chi connectivity index (χ3n) is 6.02. The predicted molar refractivity (Wildman–Crippen MR) is 125 cm³/mol. The second-order valence-electron chi connectivity index (χ2n) is 8.15. The number of aliphatic carboxylic acids is 1. The number of hydrogen-bond donors (Lipinski definition) is 4. The van der Waals surface area contributed by atoms with Crippen LogP contribution in [0.1, 0.15) is 22.3 Å². The number of amides is 1. The Morgan fingerprint density at radius 3 is 2.62 bits per heavy atom. The first-order chi connectivity index (χ1) is 16.2. The Kier molecular flexibility index (Phi) is 6.02. The van der Waals surface area contributed by atoms with E-state index in [0.717, 1.165) is 5.52 Å². The molecule has 1 atom stereocenters. The summed E-state index contributed by atoms with van der Waals surface area (Å²) in [4.78, 5) is 40.3. The number of nitrogens with one attached hydrogen (secondary N) is 2. The topological polar surface area (TPSA) is 142 Å². The molecule has 0 aliphatic heterocycles. The smallest absolute Gasteiger partial charge is 0.340 e. The van der Waals surface area contributed by atoms with Crippen LogP contribution in [0.25, 0.3) is 21.9 Å².